The van der Waals surface area contributed by atoms with Crippen LogP contribution in [0.3, 0.4) is 0 Å². The zero-order valence-corrected chi connectivity index (χ0v) is 21.5. The third kappa shape index (κ3) is 2.95. The Balaban J connectivity index is 1.50. The van der Waals surface area contributed by atoms with Gasteiger partial charge in [0.2, 0.25) is 0 Å². The Hall–Kier alpha value is -0.380. The number of hydrogen-bond donors (Lipinski definition) is 3. The standard InChI is InChI=1S/C29H48O3/c1-25(2)20-9-7-18-17-26(3)14-11-22-28(5,16-13-24(31)29(22,6)32)21(26)10-8-19(18)27(20,4)15-12-23(25)30/h7,19-24,30-32H,8-17H2,1-6H3/t19-,20-,21-,22+,23-,24-,26-,27+,28+,29+/m0/s1. The highest BCUT2D eigenvalue weighted by Gasteiger charge is 2.63. The zero-order chi connectivity index (χ0) is 23.3. The van der Waals surface area contributed by atoms with Crippen molar-refractivity contribution in [2.45, 2.75) is 124 Å². The second kappa shape index (κ2) is 7.08. The van der Waals surface area contributed by atoms with Gasteiger partial charge in [0.15, 0.2) is 0 Å². The number of aliphatic hydroxyl groups excluding tert-OH is 2. The summed E-state index contributed by atoms with van der Waals surface area (Å²) in [4.78, 5) is 0. The van der Waals surface area contributed by atoms with Gasteiger partial charge in [0, 0.05) is 0 Å². The lowest BCUT2D eigenvalue weighted by molar-refractivity contribution is -0.214. The minimum absolute atomic E-state index is 0.0206. The van der Waals surface area contributed by atoms with Crippen LogP contribution in [0.5, 0.6) is 0 Å². The van der Waals surface area contributed by atoms with E-state index in [0.29, 0.717) is 17.8 Å². The summed E-state index contributed by atoms with van der Waals surface area (Å²) < 4.78 is 0. The van der Waals surface area contributed by atoms with Gasteiger partial charge >= 0.3 is 0 Å². The third-order valence-electron chi connectivity index (χ3n) is 12.5. The average molecular weight is 445 g/mol. The molecule has 32 heavy (non-hydrogen) atoms. The van der Waals surface area contributed by atoms with Crippen LogP contribution in [-0.4, -0.2) is 33.1 Å². The first-order valence-electron chi connectivity index (χ1n) is 13.5. The van der Waals surface area contributed by atoms with Gasteiger partial charge in [-0.25, -0.2) is 0 Å². The summed E-state index contributed by atoms with van der Waals surface area (Å²) in [6.07, 6.45) is 12.7. The Morgan fingerprint density at radius 2 is 1.38 bits per heavy atom. The van der Waals surface area contributed by atoms with Crippen molar-refractivity contribution in [1.29, 1.82) is 0 Å². The Bertz CT molecular complexity index is 798. The molecule has 0 bridgehead atoms. The van der Waals surface area contributed by atoms with E-state index < -0.39 is 11.7 Å². The number of aliphatic hydroxyl groups is 3. The molecule has 0 spiro atoms. The molecule has 0 aromatic rings. The maximum atomic E-state index is 11.3. The highest BCUT2D eigenvalue weighted by atomic mass is 16.3. The molecule has 3 N–H and O–H groups in total. The van der Waals surface area contributed by atoms with Crippen molar-refractivity contribution >= 4 is 0 Å². The molecule has 5 rings (SSSR count). The molecular weight excluding hydrogens is 396 g/mol. The highest BCUT2D eigenvalue weighted by molar-refractivity contribution is 5.25. The predicted octanol–water partition coefficient (Wildman–Crippen LogP) is 5.86. The Labute approximate surface area is 196 Å². The normalized spacial score (nSPS) is 57.2. The van der Waals surface area contributed by atoms with Crippen LogP contribution >= 0.6 is 0 Å². The van der Waals surface area contributed by atoms with Crippen LogP contribution in [0.1, 0.15) is 106 Å². The molecule has 0 aromatic heterocycles. The molecule has 182 valence electrons. The lowest BCUT2D eigenvalue weighted by atomic mass is 9.44. The molecule has 10 atom stereocenters. The van der Waals surface area contributed by atoms with Crippen molar-refractivity contribution < 1.29 is 15.3 Å². The summed E-state index contributed by atoms with van der Waals surface area (Å²) in [6, 6.07) is 0. The van der Waals surface area contributed by atoms with Crippen molar-refractivity contribution in [3.05, 3.63) is 11.6 Å². The van der Waals surface area contributed by atoms with E-state index in [-0.39, 0.29) is 33.7 Å². The van der Waals surface area contributed by atoms with Crippen molar-refractivity contribution in [3.8, 4) is 0 Å². The van der Waals surface area contributed by atoms with E-state index >= 15 is 0 Å². The number of allylic oxidation sites excluding steroid dienone is 2. The fourth-order valence-corrected chi connectivity index (χ4v) is 10.6. The van der Waals surface area contributed by atoms with Crippen molar-refractivity contribution in [2.24, 2.45) is 45.3 Å². The Kier molecular flexibility index (Phi) is 5.17. The average Bonchev–Trinajstić information content (AvgIpc) is 2.86. The molecule has 3 nitrogen and oxygen atoms in total. The molecule has 5 aliphatic rings. The van der Waals surface area contributed by atoms with Gasteiger partial charge in [0.1, 0.15) is 0 Å². The van der Waals surface area contributed by atoms with E-state index in [0.717, 1.165) is 44.9 Å². The SMILES string of the molecule is CC1(C)[C@@H](O)CC[C@]2(C)[C@H]3CC[C@H]4[C@@](C)(CC[C@H]5[C@@](C)(O)[C@@H](O)CC[C@]45C)CC3=CC[C@@H]12. The molecule has 0 amide bonds. The molecule has 0 radical (unpaired) electrons. The van der Waals surface area contributed by atoms with Crippen LogP contribution in [0.25, 0.3) is 0 Å². The number of hydrogen-bond acceptors (Lipinski definition) is 3. The lowest BCUT2D eigenvalue weighted by Crippen LogP contribution is -2.62. The van der Waals surface area contributed by atoms with Crippen LogP contribution in [0.2, 0.25) is 0 Å². The first-order valence-corrected chi connectivity index (χ1v) is 13.5. The highest BCUT2D eigenvalue weighted by Crippen LogP contribution is 2.69. The first kappa shape index (κ1) is 23.4. The first-order chi connectivity index (χ1) is 14.8. The summed E-state index contributed by atoms with van der Waals surface area (Å²) in [6.45, 7) is 14.1. The van der Waals surface area contributed by atoms with E-state index in [1.165, 1.54) is 19.3 Å². The maximum absolute atomic E-state index is 11.3. The van der Waals surface area contributed by atoms with Crippen molar-refractivity contribution in [3.63, 3.8) is 0 Å². The van der Waals surface area contributed by atoms with Crippen LogP contribution in [0.4, 0.5) is 0 Å². The Morgan fingerprint density at radius 1 is 0.719 bits per heavy atom. The van der Waals surface area contributed by atoms with Gasteiger partial charge in [-0.05, 0) is 116 Å². The Morgan fingerprint density at radius 3 is 2.09 bits per heavy atom. The quantitative estimate of drug-likeness (QED) is 0.410. The van der Waals surface area contributed by atoms with E-state index in [1.807, 2.05) is 6.92 Å². The van der Waals surface area contributed by atoms with Crippen LogP contribution < -0.4 is 0 Å². The topological polar surface area (TPSA) is 60.7 Å². The lowest BCUT2D eigenvalue weighted by Gasteiger charge is -2.62. The van der Waals surface area contributed by atoms with Crippen molar-refractivity contribution in [2.75, 3.05) is 0 Å². The monoisotopic (exact) mass is 444 g/mol. The molecule has 0 aromatic carbocycles. The molecule has 0 heterocycles. The predicted molar refractivity (Wildman–Crippen MR) is 129 cm³/mol. The molecule has 4 saturated carbocycles. The van der Waals surface area contributed by atoms with E-state index in [9.17, 15) is 15.3 Å². The third-order valence-corrected chi connectivity index (χ3v) is 12.5. The molecular formula is C29H48O3. The molecule has 0 aliphatic heterocycles. The fourth-order valence-electron chi connectivity index (χ4n) is 10.6. The van der Waals surface area contributed by atoms with Crippen LogP contribution in [0.15, 0.2) is 11.6 Å². The largest absolute Gasteiger partial charge is 0.393 e. The fraction of sp³-hybridized carbons (Fsp3) is 0.931. The van der Waals surface area contributed by atoms with E-state index in [1.54, 1.807) is 5.57 Å². The minimum Gasteiger partial charge on any atom is -0.393 e. The molecule has 4 fully saturated rings. The number of fused-ring (bicyclic) bond motifs is 6. The van der Waals surface area contributed by atoms with Gasteiger partial charge in [0.25, 0.3) is 0 Å². The molecule has 0 unspecified atom stereocenters. The summed E-state index contributed by atoms with van der Waals surface area (Å²) >= 11 is 0. The smallest absolute Gasteiger partial charge is 0.0910 e. The summed E-state index contributed by atoms with van der Waals surface area (Å²) in [7, 11) is 0. The molecule has 0 saturated heterocycles. The van der Waals surface area contributed by atoms with Crippen molar-refractivity contribution in [1.82, 2.24) is 0 Å². The summed E-state index contributed by atoms with van der Waals surface area (Å²) in [5, 5.41) is 32.8. The van der Waals surface area contributed by atoms with Crippen LogP contribution in [0, 0.1) is 45.3 Å². The summed E-state index contributed by atoms with van der Waals surface area (Å²) in [5.74, 6) is 1.98. The van der Waals surface area contributed by atoms with Gasteiger partial charge < -0.3 is 15.3 Å². The molecule has 3 heteroatoms. The van der Waals surface area contributed by atoms with Crippen LogP contribution in [-0.2, 0) is 0 Å². The number of rotatable bonds is 0. The van der Waals surface area contributed by atoms with E-state index in [2.05, 4.69) is 40.7 Å². The van der Waals surface area contributed by atoms with E-state index in [4.69, 9.17) is 0 Å². The summed E-state index contributed by atoms with van der Waals surface area (Å²) in [5.41, 5.74) is 1.40. The second-order valence-corrected chi connectivity index (χ2v) is 14.3. The van der Waals surface area contributed by atoms with Gasteiger partial charge in [-0.15, -0.1) is 0 Å². The van der Waals surface area contributed by atoms with Gasteiger partial charge in [-0.3, -0.25) is 0 Å². The maximum Gasteiger partial charge on any atom is 0.0910 e. The van der Waals surface area contributed by atoms with Gasteiger partial charge in [-0.1, -0.05) is 46.3 Å². The van der Waals surface area contributed by atoms with Gasteiger partial charge in [-0.2, -0.15) is 0 Å². The minimum atomic E-state index is -0.965. The zero-order valence-electron chi connectivity index (χ0n) is 21.5. The van der Waals surface area contributed by atoms with Gasteiger partial charge in [0.05, 0.1) is 17.8 Å². The second-order valence-electron chi connectivity index (χ2n) is 14.3. The molecule has 5 aliphatic carbocycles.